The van der Waals surface area contributed by atoms with Gasteiger partial charge in [-0.2, -0.15) is 0 Å². The molecule has 24 heavy (non-hydrogen) atoms. The highest BCUT2D eigenvalue weighted by Crippen LogP contribution is 2.31. The second-order valence-electron chi connectivity index (χ2n) is 6.86. The van der Waals surface area contributed by atoms with Crippen molar-refractivity contribution in [2.75, 3.05) is 0 Å². The summed E-state index contributed by atoms with van der Waals surface area (Å²) in [7, 11) is 0. The molecular weight excluding hydrogens is 295 g/mol. The number of hydrogen-bond acceptors (Lipinski definition) is 0. The van der Waals surface area contributed by atoms with Crippen molar-refractivity contribution >= 4 is 11.1 Å². The van der Waals surface area contributed by atoms with E-state index >= 15 is 0 Å². The number of aryl methyl sites for hydroxylation is 3. The molecule has 0 amide bonds. The summed E-state index contributed by atoms with van der Waals surface area (Å²) in [5, 5.41) is 0. The van der Waals surface area contributed by atoms with Crippen LogP contribution in [0.2, 0.25) is 0 Å². The number of allylic oxidation sites excluding steroid dienone is 2. The molecule has 1 aliphatic carbocycles. The third-order valence-electron chi connectivity index (χ3n) is 5.05. The molecule has 0 N–H and O–H groups in total. The van der Waals surface area contributed by atoms with Crippen molar-refractivity contribution in [3.8, 4) is 0 Å². The Hall–Kier alpha value is -2.15. The molecule has 0 aliphatic heterocycles. The van der Waals surface area contributed by atoms with Crippen LogP contribution in [-0.4, -0.2) is 0 Å². The molecule has 0 aromatic heterocycles. The summed E-state index contributed by atoms with van der Waals surface area (Å²) in [6, 6.07) is 11.3. The van der Waals surface area contributed by atoms with Gasteiger partial charge in [0.25, 0.3) is 0 Å². The van der Waals surface area contributed by atoms with Gasteiger partial charge in [-0.1, -0.05) is 37.4 Å². The Labute approximate surface area is 144 Å². The molecule has 1 heteroatoms. The van der Waals surface area contributed by atoms with Gasteiger partial charge in [-0.25, -0.2) is 4.39 Å². The van der Waals surface area contributed by atoms with Crippen LogP contribution in [0.1, 0.15) is 53.5 Å². The van der Waals surface area contributed by atoms with Crippen LogP contribution < -0.4 is 0 Å². The van der Waals surface area contributed by atoms with E-state index in [2.05, 4.69) is 32.2 Å². The summed E-state index contributed by atoms with van der Waals surface area (Å²) in [5.74, 6) is -0.208. The smallest absolute Gasteiger partial charge is 0.123 e. The van der Waals surface area contributed by atoms with E-state index in [-0.39, 0.29) is 5.82 Å². The summed E-state index contributed by atoms with van der Waals surface area (Å²) in [5.41, 5.74) is 8.85. The number of benzene rings is 2. The van der Waals surface area contributed by atoms with Crippen LogP contribution >= 0.6 is 0 Å². The van der Waals surface area contributed by atoms with E-state index in [1.807, 2.05) is 0 Å². The van der Waals surface area contributed by atoms with E-state index in [9.17, 15) is 4.39 Å². The first-order valence-electron chi connectivity index (χ1n) is 8.79. The third-order valence-corrected chi connectivity index (χ3v) is 5.05. The minimum Gasteiger partial charge on any atom is -0.207 e. The van der Waals surface area contributed by atoms with Crippen molar-refractivity contribution < 1.29 is 4.39 Å². The maximum Gasteiger partial charge on any atom is 0.123 e. The molecule has 0 radical (unpaired) electrons. The molecule has 0 unspecified atom stereocenters. The van der Waals surface area contributed by atoms with Crippen molar-refractivity contribution in [3.05, 3.63) is 83.2 Å². The van der Waals surface area contributed by atoms with Gasteiger partial charge in [0, 0.05) is 0 Å². The zero-order valence-corrected chi connectivity index (χ0v) is 14.5. The first kappa shape index (κ1) is 16.7. The highest BCUT2D eigenvalue weighted by Gasteiger charge is 2.13. The van der Waals surface area contributed by atoms with E-state index in [0.29, 0.717) is 0 Å². The van der Waals surface area contributed by atoms with Crippen LogP contribution in [-0.2, 0) is 12.8 Å². The van der Waals surface area contributed by atoms with Crippen LogP contribution in [0.3, 0.4) is 0 Å². The molecule has 0 spiro atoms. The topological polar surface area (TPSA) is 0 Å². The molecule has 0 bridgehead atoms. The maximum atomic E-state index is 13.0. The number of hydrogen-bond donors (Lipinski definition) is 0. The molecule has 0 atom stereocenters. The van der Waals surface area contributed by atoms with Crippen molar-refractivity contribution in [1.82, 2.24) is 0 Å². The van der Waals surface area contributed by atoms with E-state index in [1.54, 1.807) is 12.1 Å². The SMILES string of the molecule is C=C(CCC(=C)c1cc2c(cc1C)CCCC2)c1ccc(F)cc1. The second-order valence-corrected chi connectivity index (χ2v) is 6.86. The Morgan fingerprint density at radius 1 is 0.917 bits per heavy atom. The highest BCUT2D eigenvalue weighted by molar-refractivity contribution is 5.71. The van der Waals surface area contributed by atoms with E-state index in [1.165, 1.54) is 65.6 Å². The average molecular weight is 320 g/mol. The van der Waals surface area contributed by atoms with Gasteiger partial charge >= 0.3 is 0 Å². The predicted octanol–water partition coefficient (Wildman–Crippen LogP) is 6.52. The molecule has 0 saturated heterocycles. The first-order valence-corrected chi connectivity index (χ1v) is 8.79. The quantitative estimate of drug-likeness (QED) is 0.588. The molecule has 0 saturated carbocycles. The third kappa shape index (κ3) is 3.67. The van der Waals surface area contributed by atoms with Gasteiger partial charge in [0.2, 0.25) is 0 Å². The van der Waals surface area contributed by atoms with Crippen molar-refractivity contribution in [2.24, 2.45) is 0 Å². The molecule has 3 rings (SSSR count). The van der Waals surface area contributed by atoms with Gasteiger partial charge < -0.3 is 0 Å². The Morgan fingerprint density at radius 2 is 1.50 bits per heavy atom. The summed E-state index contributed by atoms with van der Waals surface area (Å²) in [6.45, 7) is 10.6. The zero-order chi connectivity index (χ0) is 17.1. The zero-order valence-electron chi connectivity index (χ0n) is 14.5. The van der Waals surface area contributed by atoms with Crippen LogP contribution in [0.4, 0.5) is 4.39 Å². The van der Waals surface area contributed by atoms with Gasteiger partial charge in [-0.05, 0) is 96.5 Å². The second kappa shape index (κ2) is 7.17. The lowest BCUT2D eigenvalue weighted by molar-refractivity contribution is 0.627. The monoisotopic (exact) mass is 320 g/mol. The van der Waals surface area contributed by atoms with Gasteiger partial charge in [-0.3, -0.25) is 0 Å². The van der Waals surface area contributed by atoms with Crippen LogP contribution in [0.25, 0.3) is 11.1 Å². The minimum atomic E-state index is -0.208. The molecule has 0 heterocycles. The highest BCUT2D eigenvalue weighted by atomic mass is 19.1. The lowest BCUT2D eigenvalue weighted by atomic mass is 9.86. The Balaban J connectivity index is 1.69. The Bertz CT molecular complexity index is 765. The van der Waals surface area contributed by atoms with Crippen LogP contribution in [0, 0.1) is 12.7 Å². The van der Waals surface area contributed by atoms with Gasteiger partial charge in [-0.15, -0.1) is 0 Å². The van der Waals surface area contributed by atoms with Crippen molar-refractivity contribution in [1.29, 1.82) is 0 Å². The van der Waals surface area contributed by atoms with Crippen molar-refractivity contribution in [3.63, 3.8) is 0 Å². The molecule has 0 fully saturated rings. The first-order chi connectivity index (χ1) is 11.5. The van der Waals surface area contributed by atoms with Gasteiger partial charge in [0.15, 0.2) is 0 Å². The lowest BCUT2D eigenvalue weighted by Gasteiger charge is -2.20. The van der Waals surface area contributed by atoms with Crippen LogP contribution in [0.15, 0.2) is 49.6 Å². The summed E-state index contributed by atoms with van der Waals surface area (Å²) < 4.78 is 13.0. The molecule has 1 aliphatic rings. The average Bonchev–Trinajstić information content (AvgIpc) is 2.59. The summed E-state index contributed by atoms with van der Waals surface area (Å²) >= 11 is 0. The predicted molar refractivity (Wildman–Crippen MR) is 102 cm³/mol. The summed E-state index contributed by atoms with van der Waals surface area (Å²) in [4.78, 5) is 0. The fraction of sp³-hybridized carbons (Fsp3) is 0.304. The molecule has 0 nitrogen and oxygen atoms in total. The largest absolute Gasteiger partial charge is 0.207 e. The fourth-order valence-corrected chi connectivity index (χ4v) is 3.56. The standard InChI is InChI=1S/C23H25F/c1-16(19-10-12-22(24)13-11-19)8-9-17(2)23-15-21-7-5-4-6-20(21)14-18(23)3/h10-15H,1-2,4-9H2,3H3. The lowest BCUT2D eigenvalue weighted by Crippen LogP contribution is -2.04. The Kier molecular flexibility index (Phi) is 4.99. The molecule has 2 aromatic rings. The number of halogens is 1. The molecule has 2 aromatic carbocycles. The molecular formula is C23H25F. The van der Waals surface area contributed by atoms with Crippen LogP contribution in [0.5, 0.6) is 0 Å². The van der Waals surface area contributed by atoms with Crippen molar-refractivity contribution in [2.45, 2.75) is 45.4 Å². The van der Waals surface area contributed by atoms with E-state index in [4.69, 9.17) is 0 Å². The van der Waals surface area contributed by atoms with E-state index in [0.717, 1.165) is 24.0 Å². The molecule has 124 valence electrons. The van der Waals surface area contributed by atoms with Gasteiger partial charge in [0.1, 0.15) is 5.82 Å². The minimum absolute atomic E-state index is 0.208. The van der Waals surface area contributed by atoms with Gasteiger partial charge in [0.05, 0.1) is 0 Å². The number of rotatable bonds is 5. The maximum absolute atomic E-state index is 13.0. The Morgan fingerprint density at radius 3 is 2.17 bits per heavy atom. The van der Waals surface area contributed by atoms with E-state index < -0.39 is 0 Å². The fourth-order valence-electron chi connectivity index (χ4n) is 3.56. The summed E-state index contributed by atoms with van der Waals surface area (Å²) in [6.07, 6.45) is 6.74. The normalized spacial score (nSPS) is 13.4. The number of fused-ring (bicyclic) bond motifs is 1.